The van der Waals surface area contributed by atoms with Crippen LogP contribution >= 0.6 is 23.1 Å². The number of carbonyl (C=O) groups is 1. The minimum absolute atomic E-state index is 0.386. The van der Waals surface area contributed by atoms with Gasteiger partial charge in [-0.3, -0.25) is 0 Å². The molecule has 0 bridgehead atoms. The molecule has 0 radical (unpaired) electrons. The van der Waals surface area contributed by atoms with Crippen LogP contribution in [0.1, 0.15) is 14.5 Å². The van der Waals surface area contributed by atoms with Gasteiger partial charge in [-0.15, -0.1) is 23.1 Å². The molecule has 5 heteroatoms. The quantitative estimate of drug-likeness (QED) is 0.848. The number of hydrogen-bond donors (Lipinski definition) is 1. The molecule has 0 fully saturated rings. The third-order valence-corrected chi connectivity index (χ3v) is 4.12. The van der Waals surface area contributed by atoms with Crippen molar-refractivity contribution in [3.8, 4) is 0 Å². The predicted octanol–water partition coefficient (Wildman–Crippen LogP) is 3.13. The molecule has 0 unspecified atom stereocenters. The Labute approximate surface area is 101 Å². The van der Waals surface area contributed by atoms with Crippen LogP contribution < -0.4 is 0 Å². The first kappa shape index (κ1) is 11.2. The molecule has 1 N–H and O–H groups in total. The number of rotatable bonds is 4. The van der Waals surface area contributed by atoms with E-state index in [2.05, 4.69) is 4.98 Å². The standard InChI is InChI=1S/C11H9NO2S2/c13-11(14)9-5-4-8(16-9)7-15-10-3-1-2-6-12-10/h1-6H,7H2,(H,13,14). The lowest BCUT2D eigenvalue weighted by atomic mass is 10.4. The second-order valence-electron chi connectivity index (χ2n) is 3.03. The lowest BCUT2D eigenvalue weighted by Crippen LogP contribution is -1.89. The molecule has 0 aliphatic carbocycles. The average molecular weight is 251 g/mol. The third-order valence-electron chi connectivity index (χ3n) is 1.87. The van der Waals surface area contributed by atoms with Crippen molar-refractivity contribution in [2.24, 2.45) is 0 Å². The van der Waals surface area contributed by atoms with Gasteiger partial charge >= 0.3 is 5.97 Å². The van der Waals surface area contributed by atoms with E-state index in [-0.39, 0.29) is 0 Å². The Balaban J connectivity index is 1.97. The fourth-order valence-corrected chi connectivity index (χ4v) is 2.90. The number of thiophene rings is 1. The van der Waals surface area contributed by atoms with Gasteiger partial charge in [0.1, 0.15) is 4.88 Å². The van der Waals surface area contributed by atoms with Crippen LogP contribution in [0.2, 0.25) is 0 Å². The highest BCUT2D eigenvalue weighted by Gasteiger charge is 2.07. The molecule has 0 aliphatic rings. The first-order valence-corrected chi connectivity index (χ1v) is 6.42. The average Bonchev–Trinajstić information content (AvgIpc) is 2.76. The van der Waals surface area contributed by atoms with Crippen molar-refractivity contribution < 1.29 is 9.90 Å². The molecule has 3 nitrogen and oxygen atoms in total. The summed E-state index contributed by atoms with van der Waals surface area (Å²) in [6, 6.07) is 9.24. The molecule has 0 atom stereocenters. The second-order valence-corrected chi connectivity index (χ2v) is 5.19. The van der Waals surface area contributed by atoms with Crippen molar-refractivity contribution >= 4 is 29.1 Å². The van der Waals surface area contributed by atoms with Crippen molar-refractivity contribution in [3.63, 3.8) is 0 Å². The van der Waals surface area contributed by atoms with Crippen molar-refractivity contribution in [1.29, 1.82) is 0 Å². The van der Waals surface area contributed by atoms with E-state index in [4.69, 9.17) is 5.11 Å². The Morgan fingerprint density at radius 2 is 2.25 bits per heavy atom. The lowest BCUT2D eigenvalue weighted by molar-refractivity contribution is 0.0702. The number of aromatic carboxylic acids is 1. The normalized spacial score (nSPS) is 10.2. The van der Waals surface area contributed by atoms with Crippen LogP contribution in [0.4, 0.5) is 0 Å². The minimum atomic E-state index is -0.862. The van der Waals surface area contributed by atoms with Crippen molar-refractivity contribution in [2.75, 3.05) is 0 Å². The van der Waals surface area contributed by atoms with Gasteiger partial charge in [0.05, 0.1) is 5.03 Å². The molecule has 0 saturated carbocycles. The number of pyridine rings is 1. The topological polar surface area (TPSA) is 50.2 Å². The first-order valence-electron chi connectivity index (χ1n) is 4.61. The summed E-state index contributed by atoms with van der Waals surface area (Å²) in [4.78, 5) is 16.3. The smallest absolute Gasteiger partial charge is 0.345 e. The molecule has 0 aromatic carbocycles. The van der Waals surface area contributed by atoms with Gasteiger partial charge in [0.25, 0.3) is 0 Å². The van der Waals surface area contributed by atoms with E-state index in [0.29, 0.717) is 4.88 Å². The number of nitrogens with zero attached hydrogens (tertiary/aromatic N) is 1. The zero-order valence-corrected chi connectivity index (χ0v) is 9.92. The molecule has 2 aromatic heterocycles. The van der Waals surface area contributed by atoms with E-state index >= 15 is 0 Å². The Hall–Kier alpha value is -1.33. The highest BCUT2D eigenvalue weighted by atomic mass is 32.2. The van der Waals surface area contributed by atoms with Gasteiger partial charge in [-0.05, 0) is 24.3 Å². The van der Waals surface area contributed by atoms with Crippen LogP contribution in [0.3, 0.4) is 0 Å². The van der Waals surface area contributed by atoms with Gasteiger partial charge in [0, 0.05) is 16.8 Å². The summed E-state index contributed by atoms with van der Waals surface area (Å²) in [5.41, 5.74) is 0. The summed E-state index contributed by atoms with van der Waals surface area (Å²) in [7, 11) is 0. The summed E-state index contributed by atoms with van der Waals surface area (Å²) in [5.74, 6) is -0.103. The van der Waals surface area contributed by atoms with Crippen LogP contribution in [0.15, 0.2) is 41.6 Å². The van der Waals surface area contributed by atoms with Crippen molar-refractivity contribution in [3.05, 3.63) is 46.3 Å². The van der Waals surface area contributed by atoms with Crippen LogP contribution in [0, 0.1) is 0 Å². The summed E-state index contributed by atoms with van der Waals surface area (Å²) in [6.45, 7) is 0. The second kappa shape index (κ2) is 5.14. The van der Waals surface area contributed by atoms with E-state index in [1.165, 1.54) is 11.3 Å². The largest absolute Gasteiger partial charge is 0.477 e. The SMILES string of the molecule is O=C(O)c1ccc(CSc2ccccn2)s1. The number of aromatic nitrogens is 1. The van der Waals surface area contributed by atoms with Crippen LogP contribution in [-0.4, -0.2) is 16.1 Å². The maximum Gasteiger partial charge on any atom is 0.345 e. The van der Waals surface area contributed by atoms with Gasteiger partial charge in [0.15, 0.2) is 0 Å². The summed E-state index contributed by atoms with van der Waals surface area (Å²) in [5, 5.41) is 9.73. The molecule has 16 heavy (non-hydrogen) atoms. The van der Waals surface area contributed by atoms with Gasteiger partial charge in [-0.2, -0.15) is 0 Å². The monoisotopic (exact) mass is 251 g/mol. The fraction of sp³-hybridized carbons (Fsp3) is 0.0909. The first-order chi connectivity index (χ1) is 7.75. The highest BCUT2D eigenvalue weighted by molar-refractivity contribution is 7.98. The molecular weight excluding hydrogens is 242 g/mol. The lowest BCUT2D eigenvalue weighted by Gasteiger charge is -1.97. The molecule has 2 heterocycles. The maximum atomic E-state index is 10.7. The van der Waals surface area contributed by atoms with Crippen LogP contribution in [0.25, 0.3) is 0 Å². The van der Waals surface area contributed by atoms with Crippen LogP contribution in [0.5, 0.6) is 0 Å². The van der Waals surface area contributed by atoms with E-state index < -0.39 is 5.97 Å². The number of hydrogen-bond acceptors (Lipinski definition) is 4. The summed E-state index contributed by atoms with van der Waals surface area (Å²) < 4.78 is 0. The van der Waals surface area contributed by atoms with E-state index in [9.17, 15) is 4.79 Å². The highest BCUT2D eigenvalue weighted by Crippen LogP contribution is 2.25. The number of carboxylic acids is 1. The maximum absolute atomic E-state index is 10.7. The molecule has 0 amide bonds. The molecule has 0 spiro atoms. The summed E-state index contributed by atoms with van der Waals surface area (Å²) in [6.07, 6.45) is 1.75. The van der Waals surface area contributed by atoms with Gasteiger partial charge in [0.2, 0.25) is 0 Å². The zero-order chi connectivity index (χ0) is 11.4. The molecule has 2 aromatic rings. The predicted molar refractivity (Wildman–Crippen MR) is 65.1 cm³/mol. The summed E-state index contributed by atoms with van der Waals surface area (Å²) >= 11 is 2.92. The van der Waals surface area contributed by atoms with E-state index in [0.717, 1.165) is 15.7 Å². The number of carboxylic acid groups (broad SMARTS) is 1. The van der Waals surface area contributed by atoms with Crippen molar-refractivity contribution in [2.45, 2.75) is 10.8 Å². The van der Waals surface area contributed by atoms with Gasteiger partial charge in [-0.25, -0.2) is 9.78 Å². The number of thioether (sulfide) groups is 1. The molecule has 0 aliphatic heterocycles. The molecule has 0 saturated heterocycles. The van der Waals surface area contributed by atoms with Crippen molar-refractivity contribution in [1.82, 2.24) is 4.98 Å². The zero-order valence-electron chi connectivity index (χ0n) is 8.29. The Morgan fingerprint density at radius 1 is 1.38 bits per heavy atom. The molecule has 2 rings (SSSR count). The Kier molecular flexibility index (Phi) is 3.58. The minimum Gasteiger partial charge on any atom is -0.477 e. The Morgan fingerprint density at radius 3 is 2.88 bits per heavy atom. The van der Waals surface area contributed by atoms with Gasteiger partial charge in [-0.1, -0.05) is 6.07 Å². The Bertz CT molecular complexity index is 482. The molecule has 82 valence electrons. The van der Waals surface area contributed by atoms with E-state index in [1.807, 2.05) is 24.3 Å². The van der Waals surface area contributed by atoms with Crippen LogP contribution in [-0.2, 0) is 5.75 Å². The van der Waals surface area contributed by atoms with Gasteiger partial charge < -0.3 is 5.11 Å². The third kappa shape index (κ3) is 2.84. The van der Waals surface area contributed by atoms with E-state index in [1.54, 1.807) is 24.0 Å². The fourth-order valence-electron chi connectivity index (χ4n) is 1.15. The molecular formula is C11H9NO2S2.